The first kappa shape index (κ1) is 12.8. The minimum atomic E-state index is 0.435. The molecule has 0 spiro atoms. The fraction of sp³-hybridized carbons (Fsp3) is 0.500. The molecule has 0 saturated carbocycles. The minimum absolute atomic E-state index is 0.435. The molecule has 0 aliphatic carbocycles. The lowest BCUT2D eigenvalue weighted by Gasteiger charge is -2.36. The van der Waals surface area contributed by atoms with Crippen LogP contribution in [0.15, 0.2) is 34.9 Å². The van der Waals surface area contributed by atoms with Crippen molar-refractivity contribution >= 4 is 6.01 Å². The van der Waals surface area contributed by atoms with E-state index < -0.39 is 0 Å². The van der Waals surface area contributed by atoms with Gasteiger partial charge in [-0.25, -0.2) is 0 Å². The van der Waals surface area contributed by atoms with Gasteiger partial charge in [-0.3, -0.25) is 4.90 Å². The maximum atomic E-state index is 5.38. The van der Waals surface area contributed by atoms with Crippen molar-refractivity contribution in [3.63, 3.8) is 0 Å². The lowest BCUT2D eigenvalue weighted by molar-refractivity contribution is 0.181. The first-order chi connectivity index (χ1) is 10.4. The molecule has 0 radical (unpaired) electrons. The highest BCUT2D eigenvalue weighted by Crippen LogP contribution is 2.29. The van der Waals surface area contributed by atoms with Crippen LogP contribution in [-0.2, 0) is 0 Å². The van der Waals surface area contributed by atoms with Gasteiger partial charge in [0.1, 0.15) is 0 Å². The molecule has 3 heterocycles. The fourth-order valence-corrected chi connectivity index (χ4v) is 3.61. The highest BCUT2D eigenvalue weighted by molar-refractivity contribution is 5.55. The Morgan fingerprint density at radius 3 is 2.76 bits per heavy atom. The van der Waals surface area contributed by atoms with E-state index in [1.54, 1.807) is 0 Å². The van der Waals surface area contributed by atoms with Gasteiger partial charge in [-0.15, -0.1) is 0 Å². The number of anilines is 1. The molecule has 4 rings (SSSR count). The number of nitrogens with one attached hydrogen (secondary N) is 1. The maximum Gasteiger partial charge on any atom is 0.322 e. The van der Waals surface area contributed by atoms with E-state index >= 15 is 0 Å². The van der Waals surface area contributed by atoms with Crippen molar-refractivity contribution in [1.82, 2.24) is 15.0 Å². The molecule has 2 saturated heterocycles. The van der Waals surface area contributed by atoms with Gasteiger partial charge in [0.15, 0.2) is 0 Å². The zero-order valence-electron chi connectivity index (χ0n) is 12.0. The summed E-state index contributed by atoms with van der Waals surface area (Å²) in [5.41, 5.74) is 0.987. The lowest BCUT2D eigenvalue weighted by Crippen LogP contribution is -2.47. The molecule has 2 aliphatic heterocycles. The number of rotatable bonds is 3. The number of piperidine rings is 1. The predicted molar refractivity (Wildman–Crippen MR) is 81.0 cm³/mol. The minimum Gasteiger partial charge on any atom is -0.333 e. The van der Waals surface area contributed by atoms with Crippen LogP contribution in [-0.4, -0.2) is 40.2 Å². The first-order valence-corrected chi connectivity index (χ1v) is 7.80. The van der Waals surface area contributed by atoms with Crippen molar-refractivity contribution in [2.45, 2.75) is 37.8 Å². The standard InChI is InChI=1S/C16H20N4O/c1-2-6-12(7-3-1)15-18-16(21-19-15)17-13-8-4-10-20-11-5-9-14(13)20/h1-3,6-7,13-14H,4-5,8-11H2,(H,17,18,19)/t13-,14-/m0/s1. The van der Waals surface area contributed by atoms with E-state index in [1.807, 2.05) is 30.3 Å². The average Bonchev–Trinajstić information content (AvgIpc) is 3.17. The zero-order chi connectivity index (χ0) is 14.1. The highest BCUT2D eigenvalue weighted by atomic mass is 16.5. The van der Waals surface area contributed by atoms with Crippen LogP contribution in [0, 0.1) is 0 Å². The molecular formula is C16H20N4O. The van der Waals surface area contributed by atoms with Crippen LogP contribution in [0.4, 0.5) is 6.01 Å². The molecular weight excluding hydrogens is 264 g/mol. The van der Waals surface area contributed by atoms with Gasteiger partial charge in [-0.05, 0) is 38.8 Å². The molecule has 5 nitrogen and oxygen atoms in total. The second-order valence-electron chi connectivity index (χ2n) is 5.93. The Balaban J connectivity index is 1.49. The van der Waals surface area contributed by atoms with Gasteiger partial charge >= 0.3 is 6.01 Å². The van der Waals surface area contributed by atoms with E-state index in [0.717, 1.165) is 5.56 Å². The summed E-state index contributed by atoms with van der Waals surface area (Å²) < 4.78 is 5.38. The summed E-state index contributed by atoms with van der Waals surface area (Å²) in [6.45, 7) is 2.48. The Hall–Kier alpha value is -1.88. The van der Waals surface area contributed by atoms with Crippen LogP contribution >= 0.6 is 0 Å². The Morgan fingerprint density at radius 2 is 1.90 bits per heavy atom. The molecule has 0 unspecified atom stereocenters. The van der Waals surface area contributed by atoms with E-state index in [1.165, 1.54) is 38.8 Å². The van der Waals surface area contributed by atoms with Crippen molar-refractivity contribution in [3.8, 4) is 11.4 Å². The molecule has 21 heavy (non-hydrogen) atoms. The second-order valence-corrected chi connectivity index (χ2v) is 5.93. The molecule has 2 aromatic rings. The summed E-state index contributed by atoms with van der Waals surface area (Å²) in [5, 5.41) is 7.54. The van der Waals surface area contributed by atoms with E-state index in [9.17, 15) is 0 Å². The van der Waals surface area contributed by atoms with Crippen LogP contribution in [0.2, 0.25) is 0 Å². The van der Waals surface area contributed by atoms with Crippen molar-refractivity contribution in [2.75, 3.05) is 18.4 Å². The molecule has 110 valence electrons. The molecule has 1 N–H and O–H groups in total. The van der Waals surface area contributed by atoms with Gasteiger partial charge in [-0.1, -0.05) is 35.5 Å². The zero-order valence-corrected chi connectivity index (χ0v) is 12.0. The summed E-state index contributed by atoms with van der Waals surface area (Å²) in [5.74, 6) is 0.650. The lowest BCUT2D eigenvalue weighted by atomic mass is 9.97. The fourth-order valence-electron chi connectivity index (χ4n) is 3.61. The Kier molecular flexibility index (Phi) is 3.35. The molecule has 2 atom stereocenters. The third kappa shape index (κ3) is 2.53. The van der Waals surface area contributed by atoms with E-state index in [0.29, 0.717) is 23.9 Å². The van der Waals surface area contributed by atoms with Gasteiger partial charge in [0.25, 0.3) is 0 Å². The third-order valence-electron chi connectivity index (χ3n) is 4.61. The second kappa shape index (κ2) is 5.48. The average molecular weight is 284 g/mol. The Labute approximate surface area is 124 Å². The predicted octanol–water partition coefficient (Wildman–Crippen LogP) is 2.78. The van der Waals surface area contributed by atoms with Crippen LogP contribution < -0.4 is 5.32 Å². The number of aromatic nitrogens is 2. The van der Waals surface area contributed by atoms with Gasteiger partial charge in [0, 0.05) is 17.6 Å². The molecule has 1 aromatic carbocycles. The summed E-state index contributed by atoms with van der Waals surface area (Å²) in [6.07, 6.45) is 5.01. The summed E-state index contributed by atoms with van der Waals surface area (Å²) in [6, 6.07) is 11.6. The van der Waals surface area contributed by atoms with Crippen LogP contribution in [0.3, 0.4) is 0 Å². The van der Waals surface area contributed by atoms with Crippen LogP contribution in [0.1, 0.15) is 25.7 Å². The largest absolute Gasteiger partial charge is 0.333 e. The topological polar surface area (TPSA) is 54.2 Å². The van der Waals surface area contributed by atoms with Crippen molar-refractivity contribution in [1.29, 1.82) is 0 Å². The highest BCUT2D eigenvalue weighted by Gasteiger charge is 2.35. The Morgan fingerprint density at radius 1 is 1.10 bits per heavy atom. The normalized spacial score (nSPS) is 25.7. The number of hydrogen-bond acceptors (Lipinski definition) is 5. The van der Waals surface area contributed by atoms with Crippen molar-refractivity contribution in [2.24, 2.45) is 0 Å². The number of nitrogens with zero attached hydrogens (tertiary/aromatic N) is 3. The molecule has 2 aliphatic rings. The summed E-state index contributed by atoms with van der Waals surface area (Å²) >= 11 is 0. The van der Waals surface area contributed by atoms with Gasteiger partial charge in [0.05, 0.1) is 0 Å². The number of hydrogen-bond donors (Lipinski definition) is 1. The van der Waals surface area contributed by atoms with Gasteiger partial charge < -0.3 is 9.84 Å². The van der Waals surface area contributed by atoms with E-state index in [4.69, 9.17) is 4.52 Å². The third-order valence-corrected chi connectivity index (χ3v) is 4.61. The number of fused-ring (bicyclic) bond motifs is 1. The molecule has 1 aromatic heterocycles. The molecule has 2 fully saturated rings. The van der Waals surface area contributed by atoms with Crippen LogP contribution in [0.25, 0.3) is 11.4 Å². The first-order valence-electron chi connectivity index (χ1n) is 7.80. The summed E-state index contributed by atoms with van der Waals surface area (Å²) in [4.78, 5) is 7.07. The SMILES string of the molecule is c1ccc(-c2noc(N[C@H]3CCCN4CCC[C@@H]34)n2)cc1. The van der Waals surface area contributed by atoms with Gasteiger partial charge in [0.2, 0.25) is 5.82 Å². The monoisotopic (exact) mass is 284 g/mol. The van der Waals surface area contributed by atoms with Crippen molar-refractivity contribution in [3.05, 3.63) is 30.3 Å². The van der Waals surface area contributed by atoms with Crippen molar-refractivity contribution < 1.29 is 4.52 Å². The van der Waals surface area contributed by atoms with Gasteiger partial charge in [-0.2, -0.15) is 4.98 Å². The molecule has 0 bridgehead atoms. The number of benzene rings is 1. The quantitative estimate of drug-likeness (QED) is 0.939. The smallest absolute Gasteiger partial charge is 0.322 e. The maximum absolute atomic E-state index is 5.38. The molecule has 0 amide bonds. The van der Waals surface area contributed by atoms with Crippen LogP contribution in [0.5, 0.6) is 0 Å². The van der Waals surface area contributed by atoms with E-state index in [2.05, 4.69) is 20.4 Å². The Bertz CT molecular complexity index is 597. The molecule has 5 heteroatoms. The van der Waals surface area contributed by atoms with E-state index in [-0.39, 0.29) is 0 Å². The summed E-state index contributed by atoms with van der Waals surface area (Å²) in [7, 11) is 0.